The summed E-state index contributed by atoms with van der Waals surface area (Å²) < 4.78 is 0. The standard InChI is InChI=1S/C18H22N4O.ClH/c1-14(15-5-3-2-4-6-15)18(23)21-17-8-7-16(13-20-17)22-11-9-19-10-12-22;/h2-8,13-14,19H,9-12H2,1H3,(H,20,21,23);1H. The number of hydrogen-bond acceptors (Lipinski definition) is 4. The van der Waals surface area contributed by atoms with Gasteiger partial charge in [0.05, 0.1) is 17.8 Å². The van der Waals surface area contributed by atoms with Gasteiger partial charge in [-0.1, -0.05) is 30.3 Å². The summed E-state index contributed by atoms with van der Waals surface area (Å²) in [5, 5.41) is 6.22. The number of carbonyl (C=O) groups excluding carboxylic acids is 1. The molecule has 0 radical (unpaired) electrons. The summed E-state index contributed by atoms with van der Waals surface area (Å²) in [6, 6.07) is 13.6. The Morgan fingerprint density at radius 2 is 1.88 bits per heavy atom. The molecule has 1 atom stereocenters. The first-order chi connectivity index (χ1) is 11.2. The zero-order chi connectivity index (χ0) is 16.1. The maximum Gasteiger partial charge on any atom is 0.232 e. The van der Waals surface area contributed by atoms with Crippen molar-refractivity contribution in [1.29, 1.82) is 0 Å². The fourth-order valence-electron chi connectivity index (χ4n) is 2.70. The monoisotopic (exact) mass is 346 g/mol. The zero-order valence-corrected chi connectivity index (χ0v) is 14.6. The number of halogens is 1. The highest BCUT2D eigenvalue weighted by Crippen LogP contribution is 2.19. The molecule has 1 unspecified atom stereocenters. The van der Waals surface area contributed by atoms with Gasteiger partial charge < -0.3 is 15.5 Å². The van der Waals surface area contributed by atoms with E-state index in [-0.39, 0.29) is 24.2 Å². The van der Waals surface area contributed by atoms with Gasteiger partial charge in [0.15, 0.2) is 0 Å². The molecule has 2 N–H and O–H groups in total. The third-order valence-corrected chi connectivity index (χ3v) is 4.17. The normalized spacial score (nSPS) is 15.3. The van der Waals surface area contributed by atoms with Gasteiger partial charge in [-0.05, 0) is 24.6 Å². The highest BCUT2D eigenvalue weighted by Gasteiger charge is 2.16. The van der Waals surface area contributed by atoms with Gasteiger partial charge in [0.25, 0.3) is 0 Å². The number of anilines is 2. The molecule has 1 aliphatic heterocycles. The summed E-state index contributed by atoms with van der Waals surface area (Å²) in [6.07, 6.45) is 1.83. The smallest absolute Gasteiger partial charge is 0.232 e. The molecular formula is C18H23ClN4O. The van der Waals surface area contributed by atoms with Crippen LogP contribution in [0.5, 0.6) is 0 Å². The number of aromatic nitrogens is 1. The molecule has 6 heteroatoms. The van der Waals surface area contributed by atoms with Gasteiger partial charge in [-0.25, -0.2) is 4.98 Å². The van der Waals surface area contributed by atoms with Crippen LogP contribution in [0.2, 0.25) is 0 Å². The van der Waals surface area contributed by atoms with Gasteiger partial charge in [-0.15, -0.1) is 12.4 Å². The number of amides is 1. The van der Waals surface area contributed by atoms with E-state index in [4.69, 9.17) is 0 Å². The minimum atomic E-state index is -0.203. The Hall–Kier alpha value is -2.11. The summed E-state index contributed by atoms with van der Waals surface area (Å²) in [4.78, 5) is 19.0. The lowest BCUT2D eigenvalue weighted by Crippen LogP contribution is -2.43. The van der Waals surface area contributed by atoms with E-state index >= 15 is 0 Å². The van der Waals surface area contributed by atoms with Crippen LogP contribution >= 0.6 is 12.4 Å². The molecule has 1 saturated heterocycles. The molecule has 3 rings (SSSR count). The number of rotatable bonds is 4. The minimum absolute atomic E-state index is 0. The summed E-state index contributed by atoms with van der Waals surface area (Å²) >= 11 is 0. The van der Waals surface area contributed by atoms with Gasteiger partial charge in [0.2, 0.25) is 5.91 Å². The van der Waals surface area contributed by atoms with Crippen LogP contribution in [0.1, 0.15) is 18.4 Å². The van der Waals surface area contributed by atoms with Crippen molar-refractivity contribution in [2.45, 2.75) is 12.8 Å². The van der Waals surface area contributed by atoms with Crippen molar-refractivity contribution in [2.24, 2.45) is 0 Å². The lowest BCUT2D eigenvalue weighted by atomic mass is 10.0. The molecule has 1 aliphatic rings. The zero-order valence-electron chi connectivity index (χ0n) is 13.7. The maximum atomic E-state index is 12.3. The number of nitrogens with one attached hydrogen (secondary N) is 2. The van der Waals surface area contributed by atoms with Crippen LogP contribution in [-0.2, 0) is 4.79 Å². The Labute approximate surface area is 148 Å². The third-order valence-electron chi connectivity index (χ3n) is 4.17. The van der Waals surface area contributed by atoms with Crippen LogP contribution in [0.3, 0.4) is 0 Å². The number of piperazine rings is 1. The molecule has 0 saturated carbocycles. The van der Waals surface area contributed by atoms with Crippen LogP contribution < -0.4 is 15.5 Å². The molecule has 128 valence electrons. The van der Waals surface area contributed by atoms with E-state index in [9.17, 15) is 4.79 Å². The van der Waals surface area contributed by atoms with Crippen molar-refractivity contribution in [3.8, 4) is 0 Å². The molecular weight excluding hydrogens is 324 g/mol. The van der Waals surface area contributed by atoms with Crippen LogP contribution in [0.15, 0.2) is 48.7 Å². The number of hydrogen-bond donors (Lipinski definition) is 2. The molecule has 0 aliphatic carbocycles. The predicted octanol–water partition coefficient (Wildman–Crippen LogP) is 2.66. The van der Waals surface area contributed by atoms with E-state index in [1.54, 1.807) is 0 Å². The first kappa shape index (κ1) is 18.2. The number of nitrogens with zero attached hydrogens (tertiary/aromatic N) is 2. The van der Waals surface area contributed by atoms with Crippen molar-refractivity contribution in [3.05, 3.63) is 54.2 Å². The van der Waals surface area contributed by atoms with Crippen molar-refractivity contribution in [3.63, 3.8) is 0 Å². The SMILES string of the molecule is CC(C(=O)Nc1ccc(N2CCNCC2)cn1)c1ccccc1.Cl. The van der Waals surface area contributed by atoms with Crippen LogP contribution in [0.25, 0.3) is 0 Å². The Balaban J connectivity index is 0.00000208. The minimum Gasteiger partial charge on any atom is -0.368 e. The second kappa shape index (κ2) is 8.66. The summed E-state index contributed by atoms with van der Waals surface area (Å²) in [7, 11) is 0. The van der Waals surface area contributed by atoms with E-state index in [1.807, 2.05) is 55.6 Å². The van der Waals surface area contributed by atoms with Crippen LogP contribution in [-0.4, -0.2) is 37.1 Å². The molecule has 2 aromatic rings. The van der Waals surface area contributed by atoms with E-state index in [1.165, 1.54) is 0 Å². The molecule has 24 heavy (non-hydrogen) atoms. The first-order valence-electron chi connectivity index (χ1n) is 8.01. The van der Waals surface area contributed by atoms with Crippen molar-refractivity contribution in [2.75, 3.05) is 36.4 Å². The molecule has 1 amide bonds. The quantitative estimate of drug-likeness (QED) is 0.893. The molecule has 2 heterocycles. The molecule has 0 spiro atoms. The maximum absolute atomic E-state index is 12.3. The Morgan fingerprint density at radius 1 is 1.17 bits per heavy atom. The van der Waals surface area contributed by atoms with Gasteiger partial charge in [0.1, 0.15) is 5.82 Å². The van der Waals surface area contributed by atoms with Gasteiger partial charge in [0, 0.05) is 26.2 Å². The third kappa shape index (κ3) is 4.46. The highest BCUT2D eigenvalue weighted by molar-refractivity contribution is 5.94. The molecule has 5 nitrogen and oxygen atoms in total. The van der Waals surface area contributed by atoms with Crippen LogP contribution in [0.4, 0.5) is 11.5 Å². The number of carbonyl (C=O) groups is 1. The molecule has 0 bridgehead atoms. The van der Waals surface area contributed by atoms with Crippen molar-refractivity contribution >= 4 is 29.8 Å². The lowest BCUT2D eigenvalue weighted by Gasteiger charge is -2.29. The van der Waals surface area contributed by atoms with Gasteiger partial charge >= 0.3 is 0 Å². The van der Waals surface area contributed by atoms with Crippen LogP contribution in [0, 0.1) is 0 Å². The summed E-state index contributed by atoms with van der Waals surface area (Å²) in [6.45, 7) is 5.86. The van der Waals surface area contributed by atoms with Crippen molar-refractivity contribution in [1.82, 2.24) is 10.3 Å². The Kier molecular flexibility index (Phi) is 6.58. The van der Waals surface area contributed by atoms with E-state index in [0.29, 0.717) is 5.82 Å². The van der Waals surface area contributed by atoms with Gasteiger partial charge in [-0.2, -0.15) is 0 Å². The predicted molar refractivity (Wildman–Crippen MR) is 100 cm³/mol. The van der Waals surface area contributed by atoms with Crippen molar-refractivity contribution < 1.29 is 4.79 Å². The lowest BCUT2D eigenvalue weighted by molar-refractivity contribution is -0.117. The largest absolute Gasteiger partial charge is 0.368 e. The van der Waals surface area contributed by atoms with Gasteiger partial charge in [-0.3, -0.25) is 4.79 Å². The fraction of sp³-hybridized carbons (Fsp3) is 0.333. The number of pyridine rings is 1. The average molecular weight is 347 g/mol. The summed E-state index contributed by atoms with van der Waals surface area (Å²) in [5.74, 6) is 0.348. The molecule has 1 aromatic carbocycles. The molecule has 1 fully saturated rings. The first-order valence-corrected chi connectivity index (χ1v) is 8.01. The Bertz CT molecular complexity index is 642. The Morgan fingerprint density at radius 3 is 2.50 bits per heavy atom. The second-order valence-electron chi connectivity index (χ2n) is 5.76. The fourth-order valence-corrected chi connectivity index (χ4v) is 2.70. The topological polar surface area (TPSA) is 57.3 Å². The average Bonchev–Trinajstić information content (AvgIpc) is 2.63. The number of benzene rings is 1. The second-order valence-corrected chi connectivity index (χ2v) is 5.76. The summed E-state index contributed by atoms with van der Waals surface area (Å²) in [5.41, 5.74) is 2.10. The highest BCUT2D eigenvalue weighted by atomic mass is 35.5. The van der Waals surface area contributed by atoms with E-state index in [2.05, 4.69) is 20.5 Å². The van der Waals surface area contributed by atoms with E-state index in [0.717, 1.165) is 37.4 Å². The molecule has 1 aromatic heterocycles. The van der Waals surface area contributed by atoms with E-state index < -0.39 is 0 Å².